The summed E-state index contributed by atoms with van der Waals surface area (Å²) >= 11 is 2.09. The predicted molar refractivity (Wildman–Crippen MR) is 63.0 cm³/mol. The monoisotopic (exact) mass is 213 g/mol. The second kappa shape index (κ2) is 5.49. The quantitative estimate of drug-likeness (QED) is 0.720. The summed E-state index contributed by atoms with van der Waals surface area (Å²) in [6.07, 6.45) is 3.90. The molecule has 1 fully saturated rings. The van der Waals surface area contributed by atoms with Gasteiger partial charge in [0, 0.05) is 19.6 Å². The van der Waals surface area contributed by atoms with Crippen LogP contribution < -0.4 is 10.6 Å². The third-order valence-corrected chi connectivity index (χ3v) is 3.85. The molecule has 0 aliphatic carbocycles. The van der Waals surface area contributed by atoms with Gasteiger partial charge in [-0.2, -0.15) is 11.8 Å². The molecular weight excluding hydrogens is 194 g/mol. The highest BCUT2D eigenvalue weighted by molar-refractivity contribution is 7.99. The Morgan fingerprint density at radius 1 is 1.43 bits per heavy atom. The van der Waals surface area contributed by atoms with Gasteiger partial charge in [-0.15, -0.1) is 0 Å². The minimum absolute atomic E-state index is 0.864. The van der Waals surface area contributed by atoms with Crippen molar-refractivity contribution in [3.63, 3.8) is 0 Å². The van der Waals surface area contributed by atoms with Crippen LogP contribution in [-0.2, 0) is 0 Å². The third kappa shape index (κ3) is 3.08. The van der Waals surface area contributed by atoms with Gasteiger partial charge in [-0.1, -0.05) is 0 Å². The van der Waals surface area contributed by atoms with Crippen molar-refractivity contribution in [1.82, 2.24) is 10.6 Å². The molecule has 0 radical (unpaired) electrons. The molecule has 0 saturated carbocycles. The lowest BCUT2D eigenvalue weighted by Gasteiger charge is -2.23. The second-order valence-electron chi connectivity index (χ2n) is 3.95. The Kier molecular flexibility index (Phi) is 3.98. The van der Waals surface area contributed by atoms with Gasteiger partial charge in [0.1, 0.15) is 0 Å². The summed E-state index contributed by atoms with van der Waals surface area (Å²) in [4.78, 5) is 4.40. The predicted octanol–water partition coefficient (Wildman–Crippen LogP) is 1.07. The molecule has 0 amide bonds. The fourth-order valence-electron chi connectivity index (χ4n) is 1.84. The average molecular weight is 213 g/mol. The van der Waals surface area contributed by atoms with Crippen LogP contribution in [0.3, 0.4) is 0 Å². The van der Waals surface area contributed by atoms with Gasteiger partial charge in [0.15, 0.2) is 5.96 Å². The van der Waals surface area contributed by atoms with Gasteiger partial charge in [-0.3, -0.25) is 4.99 Å². The first-order chi connectivity index (χ1) is 6.95. The Balaban J connectivity index is 1.67. The van der Waals surface area contributed by atoms with E-state index in [2.05, 4.69) is 27.4 Å². The highest BCUT2D eigenvalue weighted by Gasteiger charge is 2.14. The lowest BCUT2D eigenvalue weighted by Crippen LogP contribution is -2.43. The number of nitrogens with zero attached hydrogens (tertiary/aromatic N) is 1. The molecule has 80 valence electrons. The molecule has 0 spiro atoms. The van der Waals surface area contributed by atoms with Crippen LogP contribution in [0.2, 0.25) is 0 Å². The first kappa shape index (κ1) is 10.1. The number of thioether (sulfide) groups is 1. The van der Waals surface area contributed by atoms with Crippen molar-refractivity contribution in [2.45, 2.75) is 19.3 Å². The van der Waals surface area contributed by atoms with Gasteiger partial charge < -0.3 is 10.6 Å². The van der Waals surface area contributed by atoms with Gasteiger partial charge >= 0.3 is 0 Å². The molecule has 2 aliphatic heterocycles. The van der Waals surface area contributed by atoms with E-state index in [9.17, 15) is 0 Å². The standard InChI is InChI=1S/C10H19N3S/c1-4-11-10(12-5-1)13-8-9-2-6-14-7-3-9/h9H,1-8H2,(H2,11,12,13). The normalized spacial score (nSPS) is 23.9. The van der Waals surface area contributed by atoms with E-state index in [0.717, 1.165) is 31.5 Å². The molecule has 2 rings (SSSR count). The van der Waals surface area contributed by atoms with Crippen LogP contribution in [0.25, 0.3) is 0 Å². The molecule has 0 bridgehead atoms. The lowest BCUT2D eigenvalue weighted by atomic mass is 10.0. The largest absolute Gasteiger partial charge is 0.356 e. The number of hydrogen-bond acceptors (Lipinski definition) is 4. The van der Waals surface area contributed by atoms with Crippen molar-refractivity contribution in [3.8, 4) is 0 Å². The Labute approximate surface area is 90.1 Å². The molecule has 0 aromatic rings. The van der Waals surface area contributed by atoms with Gasteiger partial charge in [0.05, 0.1) is 0 Å². The van der Waals surface area contributed by atoms with Crippen molar-refractivity contribution < 1.29 is 0 Å². The molecule has 0 aromatic heterocycles. The maximum Gasteiger partial charge on any atom is 0.191 e. The molecule has 3 nitrogen and oxygen atoms in total. The van der Waals surface area contributed by atoms with Crippen LogP contribution in [-0.4, -0.2) is 37.1 Å². The molecule has 2 N–H and O–H groups in total. The fourth-order valence-corrected chi connectivity index (χ4v) is 3.05. The molecular formula is C10H19N3S. The van der Waals surface area contributed by atoms with E-state index >= 15 is 0 Å². The third-order valence-electron chi connectivity index (χ3n) is 2.80. The molecule has 2 aliphatic rings. The van der Waals surface area contributed by atoms with Crippen LogP contribution in [0.5, 0.6) is 0 Å². The van der Waals surface area contributed by atoms with Crippen molar-refractivity contribution in [3.05, 3.63) is 0 Å². The summed E-state index contributed by atoms with van der Waals surface area (Å²) in [5.41, 5.74) is 0. The Morgan fingerprint density at radius 2 is 2.29 bits per heavy atom. The summed E-state index contributed by atoms with van der Waals surface area (Å²) in [5, 5.41) is 6.71. The number of rotatable bonds is 2. The number of nitrogens with one attached hydrogen (secondary N) is 2. The smallest absolute Gasteiger partial charge is 0.191 e. The molecule has 0 unspecified atom stereocenters. The number of guanidine groups is 1. The summed E-state index contributed by atoms with van der Waals surface area (Å²) in [6.45, 7) is 3.16. The van der Waals surface area contributed by atoms with Crippen molar-refractivity contribution >= 4 is 17.7 Å². The number of aliphatic imine (C=N–C) groups is 1. The van der Waals surface area contributed by atoms with Crippen LogP contribution in [0.4, 0.5) is 0 Å². The van der Waals surface area contributed by atoms with Gasteiger partial charge in [0.25, 0.3) is 0 Å². The Hall–Kier alpha value is -0.380. The van der Waals surface area contributed by atoms with Crippen LogP contribution >= 0.6 is 11.8 Å². The van der Waals surface area contributed by atoms with Gasteiger partial charge in [-0.05, 0) is 36.7 Å². The summed E-state index contributed by atoms with van der Waals surface area (Å²) < 4.78 is 0. The highest BCUT2D eigenvalue weighted by atomic mass is 32.2. The minimum Gasteiger partial charge on any atom is -0.356 e. The molecule has 14 heavy (non-hydrogen) atoms. The van der Waals surface area contributed by atoms with E-state index in [4.69, 9.17) is 0 Å². The molecule has 2 heterocycles. The van der Waals surface area contributed by atoms with Crippen LogP contribution in [0.15, 0.2) is 4.99 Å². The van der Waals surface area contributed by atoms with Gasteiger partial charge in [-0.25, -0.2) is 0 Å². The van der Waals surface area contributed by atoms with Crippen molar-refractivity contribution in [1.29, 1.82) is 0 Å². The van der Waals surface area contributed by atoms with E-state index in [1.54, 1.807) is 0 Å². The van der Waals surface area contributed by atoms with E-state index in [1.807, 2.05) is 0 Å². The van der Waals surface area contributed by atoms with E-state index in [0.29, 0.717) is 0 Å². The molecule has 0 aromatic carbocycles. The SMILES string of the molecule is C1CN=C(NCC2CCSCC2)NC1. The molecule has 0 atom stereocenters. The first-order valence-electron chi connectivity index (χ1n) is 5.55. The zero-order chi connectivity index (χ0) is 9.64. The molecule has 1 saturated heterocycles. The summed E-state index contributed by atoms with van der Waals surface area (Å²) in [6, 6.07) is 0. The highest BCUT2D eigenvalue weighted by Crippen LogP contribution is 2.21. The zero-order valence-electron chi connectivity index (χ0n) is 8.59. The van der Waals surface area contributed by atoms with E-state index in [1.165, 1.54) is 30.8 Å². The van der Waals surface area contributed by atoms with E-state index < -0.39 is 0 Å². The van der Waals surface area contributed by atoms with Crippen molar-refractivity contribution in [2.24, 2.45) is 10.9 Å². The summed E-state index contributed by atoms with van der Waals surface area (Å²) in [5.74, 6) is 4.57. The second-order valence-corrected chi connectivity index (χ2v) is 5.17. The Morgan fingerprint density at radius 3 is 3.00 bits per heavy atom. The zero-order valence-corrected chi connectivity index (χ0v) is 9.41. The maximum absolute atomic E-state index is 4.40. The number of hydrogen-bond donors (Lipinski definition) is 2. The fraction of sp³-hybridized carbons (Fsp3) is 0.900. The first-order valence-corrected chi connectivity index (χ1v) is 6.70. The minimum atomic E-state index is 0.864. The van der Waals surface area contributed by atoms with Gasteiger partial charge in [0.2, 0.25) is 0 Å². The average Bonchev–Trinajstić information content (AvgIpc) is 2.29. The Bertz CT molecular complexity index is 200. The van der Waals surface area contributed by atoms with Crippen molar-refractivity contribution in [2.75, 3.05) is 31.1 Å². The van der Waals surface area contributed by atoms with Crippen LogP contribution in [0.1, 0.15) is 19.3 Å². The molecule has 4 heteroatoms. The van der Waals surface area contributed by atoms with Crippen LogP contribution in [0, 0.1) is 5.92 Å². The maximum atomic E-state index is 4.40. The summed E-state index contributed by atoms with van der Waals surface area (Å²) in [7, 11) is 0. The van der Waals surface area contributed by atoms with E-state index in [-0.39, 0.29) is 0 Å². The topological polar surface area (TPSA) is 36.4 Å². The lowest BCUT2D eigenvalue weighted by molar-refractivity contribution is 0.477.